The van der Waals surface area contributed by atoms with Crippen LogP contribution in [0.3, 0.4) is 0 Å². The number of fused-ring (bicyclic) bond motifs is 3. The van der Waals surface area contributed by atoms with Crippen molar-refractivity contribution in [3.05, 3.63) is 52.9 Å². The van der Waals surface area contributed by atoms with E-state index in [4.69, 9.17) is 5.73 Å². The predicted molar refractivity (Wildman–Crippen MR) is 127 cm³/mol. The molecule has 1 aliphatic heterocycles. The number of nitrogens with one attached hydrogen (secondary N) is 2. The molecule has 0 saturated heterocycles. The number of benzene rings is 1. The molecule has 0 spiro atoms. The molecule has 3 aromatic rings. The molecule has 0 radical (unpaired) electrons. The Bertz CT molecular complexity index is 1380. The molecule has 4 N–H and O–H groups in total. The summed E-state index contributed by atoms with van der Waals surface area (Å²) in [6.45, 7) is 2.72. The third-order valence-corrected chi connectivity index (χ3v) is 6.28. The Morgan fingerprint density at radius 1 is 1.31 bits per heavy atom. The van der Waals surface area contributed by atoms with E-state index < -0.39 is 18.0 Å². The number of hydrogen-bond donors (Lipinski definition) is 3. The minimum Gasteiger partial charge on any atom is -0.404 e. The van der Waals surface area contributed by atoms with Crippen LogP contribution in [0.15, 0.2) is 30.5 Å². The van der Waals surface area contributed by atoms with E-state index in [1.165, 1.54) is 10.7 Å². The molecule has 188 valence electrons. The molecule has 3 heterocycles. The van der Waals surface area contributed by atoms with Crippen LogP contribution in [0.2, 0.25) is 0 Å². The largest absolute Gasteiger partial charge is 0.573 e. The van der Waals surface area contributed by atoms with E-state index in [1.54, 1.807) is 25.4 Å². The first kappa shape index (κ1) is 23.8. The van der Waals surface area contributed by atoms with Gasteiger partial charge in [-0.3, -0.25) is 9.48 Å². The predicted octanol–water partition coefficient (Wildman–Crippen LogP) is 3.48. The third-order valence-electron chi connectivity index (χ3n) is 6.28. The highest BCUT2D eigenvalue weighted by atomic mass is 19.4. The maximum absolute atomic E-state index is 13.1. The van der Waals surface area contributed by atoms with Gasteiger partial charge in [0.1, 0.15) is 0 Å². The van der Waals surface area contributed by atoms with Crippen molar-refractivity contribution in [2.45, 2.75) is 38.6 Å². The van der Waals surface area contributed by atoms with Gasteiger partial charge in [0.2, 0.25) is 5.95 Å². The van der Waals surface area contributed by atoms with Gasteiger partial charge in [-0.25, -0.2) is 9.97 Å². The molecule has 1 aromatic carbocycles. The van der Waals surface area contributed by atoms with Crippen LogP contribution < -0.4 is 21.1 Å². The van der Waals surface area contributed by atoms with Gasteiger partial charge in [0.05, 0.1) is 17.1 Å². The lowest BCUT2D eigenvalue weighted by Crippen LogP contribution is -2.29. The molecule has 0 saturated carbocycles. The number of alkyl halides is 3. The first-order valence-electron chi connectivity index (χ1n) is 11.4. The number of primary amides is 1. The lowest BCUT2D eigenvalue weighted by molar-refractivity contribution is -0.274. The van der Waals surface area contributed by atoms with E-state index in [-0.39, 0.29) is 23.4 Å². The van der Waals surface area contributed by atoms with Crippen molar-refractivity contribution >= 4 is 23.1 Å². The molecule has 5 rings (SSSR count). The van der Waals surface area contributed by atoms with Crippen LogP contribution in [0.25, 0.3) is 17.0 Å². The van der Waals surface area contributed by atoms with Crippen molar-refractivity contribution in [1.82, 2.24) is 25.1 Å². The highest BCUT2D eigenvalue weighted by molar-refractivity contribution is 5.94. The Balaban J connectivity index is 1.54. The van der Waals surface area contributed by atoms with E-state index in [0.717, 1.165) is 23.1 Å². The number of aromatic nitrogens is 4. The fraction of sp³-hybridized carbons (Fsp3) is 0.333. The van der Waals surface area contributed by atoms with Crippen molar-refractivity contribution in [2.75, 3.05) is 11.9 Å². The Morgan fingerprint density at radius 3 is 2.83 bits per heavy atom. The number of halogens is 3. The summed E-state index contributed by atoms with van der Waals surface area (Å²) >= 11 is 0. The van der Waals surface area contributed by atoms with Gasteiger partial charge in [-0.2, -0.15) is 5.10 Å². The Kier molecular flexibility index (Phi) is 5.91. The van der Waals surface area contributed by atoms with Gasteiger partial charge in [0.15, 0.2) is 11.4 Å². The van der Waals surface area contributed by atoms with Crippen LogP contribution in [-0.2, 0) is 19.9 Å². The van der Waals surface area contributed by atoms with Gasteiger partial charge < -0.3 is 21.1 Å². The number of carbonyl (C=O) groups is 1. The van der Waals surface area contributed by atoms with Crippen molar-refractivity contribution in [1.29, 1.82) is 0 Å². The summed E-state index contributed by atoms with van der Waals surface area (Å²) in [5.74, 6) is -0.942. The zero-order chi connectivity index (χ0) is 25.6. The topological polar surface area (TPSA) is 120 Å². The summed E-state index contributed by atoms with van der Waals surface area (Å²) in [7, 11) is 1.68. The molecule has 1 atom stereocenters. The molecule has 1 unspecified atom stereocenters. The third kappa shape index (κ3) is 4.63. The van der Waals surface area contributed by atoms with Crippen molar-refractivity contribution in [2.24, 2.45) is 12.8 Å². The molecule has 1 aliphatic carbocycles. The number of rotatable bonds is 5. The van der Waals surface area contributed by atoms with Gasteiger partial charge in [-0.05, 0) is 55.0 Å². The average molecular weight is 499 g/mol. The first-order chi connectivity index (χ1) is 17.1. The van der Waals surface area contributed by atoms with E-state index in [9.17, 15) is 18.0 Å². The molecular formula is C24H24F3N7O2. The zero-order valence-corrected chi connectivity index (χ0v) is 19.6. The standard InChI is InChI=1S/C24H24F3N7O2/c1-12-9-14(7-8-29-12)13-4-6-18(36-24(25,26)27)17(10-13)31-23-30-11-15-3-5-16-20(22(28)35)33-34(2)21(16)19(15)32-23/h4,6-7,10-12,29H,3,5,8-9H2,1-2H3,(H2,28,35)(H,30,31,32). The number of carbonyl (C=O) groups excluding carboxylic acids is 1. The number of ether oxygens (including phenoxy) is 1. The molecule has 2 aliphatic rings. The van der Waals surface area contributed by atoms with Gasteiger partial charge in [0, 0.05) is 31.4 Å². The van der Waals surface area contributed by atoms with Crippen LogP contribution in [0.1, 0.15) is 40.5 Å². The van der Waals surface area contributed by atoms with Crippen LogP contribution >= 0.6 is 0 Å². The summed E-state index contributed by atoms with van der Waals surface area (Å²) in [5.41, 5.74) is 10.2. The Labute approximate surface area is 204 Å². The fourth-order valence-corrected chi connectivity index (χ4v) is 4.68. The number of anilines is 2. The van der Waals surface area contributed by atoms with E-state index >= 15 is 0 Å². The second-order valence-electron chi connectivity index (χ2n) is 8.86. The summed E-state index contributed by atoms with van der Waals surface area (Å²) in [6.07, 6.45) is 0.631. The maximum atomic E-state index is 13.1. The molecule has 1 amide bonds. The number of nitrogens with two attached hydrogens (primary N) is 1. The molecule has 0 bridgehead atoms. The van der Waals surface area contributed by atoms with E-state index in [2.05, 4.69) is 30.4 Å². The summed E-state index contributed by atoms with van der Waals surface area (Å²) in [6, 6.07) is 4.75. The molecule has 36 heavy (non-hydrogen) atoms. The average Bonchev–Trinajstić information content (AvgIpc) is 3.16. The first-order valence-corrected chi connectivity index (χ1v) is 11.4. The van der Waals surface area contributed by atoms with Crippen LogP contribution in [0.5, 0.6) is 5.75 Å². The minimum absolute atomic E-state index is 0.0794. The zero-order valence-electron chi connectivity index (χ0n) is 19.6. The molecule has 9 nitrogen and oxygen atoms in total. The maximum Gasteiger partial charge on any atom is 0.573 e. The lowest BCUT2D eigenvalue weighted by atomic mass is 9.93. The van der Waals surface area contributed by atoms with Crippen molar-refractivity contribution in [3.8, 4) is 17.1 Å². The number of amides is 1. The summed E-state index contributed by atoms with van der Waals surface area (Å²) in [4.78, 5) is 20.7. The van der Waals surface area contributed by atoms with Crippen molar-refractivity contribution in [3.63, 3.8) is 0 Å². The number of aryl methyl sites for hydroxylation is 2. The molecular weight excluding hydrogens is 475 g/mol. The summed E-state index contributed by atoms with van der Waals surface area (Å²) in [5, 5.41) is 10.4. The second-order valence-corrected chi connectivity index (χ2v) is 8.86. The van der Waals surface area contributed by atoms with Gasteiger partial charge in [-0.15, -0.1) is 13.2 Å². The van der Waals surface area contributed by atoms with E-state index in [0.29, 0.717) is 36.3 Å². The lowest BCUT2D eigenvalue weighted by Gasteiger charge is -2.22. The number of hydrogen-bond acceptors (Lipinski definition) is 7. The van der Waals surface area contributed by atoms with Gasteiger partial charge in [-0.1, -0.05) is 12.1 Å². The fourth-order valence-electron chi connectivity index (χ4n) is 4.68. The summed E-state index contributed by atoms with van der Waals surface area (Å²) < 4.78 is 45.2. The monoisotopic (exact) mass is 499 g/mol. The smallest absolute Gasteiger partial charge is 0.404 e. The number of nitrogens with zero attached hydrogens (tertiary/aromatic N) is 4. The van der Waals surface area contributed by atoms with Gasteiger partial charge in [0.25, 0.3) is 5.91 Å². The van der Waals surface area contributed by atoms with Crippen LogP contribution in [-0.4, -0.2) is 44.6 Å². The normalized spacial score (nSPS) is 17.1. The Morgan fingerprint density at radius 2 is 2.11 bits per heavy atom. The van der Waals surface area contributed by atoms with E-state index in [1.807, 2.05) is 13.0 Å². The molecule has 0 fully saturated rings. The second kappa shape index (κ2) is 8.94. The van der Waals surface area contributed by atoms with Crippen molar-refractivity contribution < 1.29 is 22.7 Å². The Hall–Kier alpha value is -3.93. The quantitative estimate of drug-likeness (QED) is 0.492. The molecule has 2 aromatic heterocycles. The molecule has 12 heteroatoms. The van der Waals surface area contributed by atoms with Gasteiger partial charge >= 0.3 is 6.36 Å². The highest BCUT2D eigenvalue weighted by Crippen LogP contribution is 2.37. The van der Waals surface area contributed by atoms with Crippen LogP contribution in [0, 0.1) is 0 Å². The minimum atomic E-state index is -4.87. The highest BCUT2D eigenvalue weighted by Gasteiger charge is 2.33. The van der Waals surface area contributed by atoms with Crippen LogP contribution in [0.4, 0.5) is 24.8 Å². The SMILES string of the molecule is CC1CC(c2ccc(OC(F)(F)F)c(Nc3ncc4c(n3)-c3c(c(C(N)=O)nn3C)CC4)c2)=CCN1.